The number of nitrogens with zero attached hydrogens (tertiary/aromatic N) is 1. The third kappa shape index (κ3) is 3.85. The molecule has 0 aliphatic heterocycles. The topological polar surface area (TPSA) is 53.1 Å². The number of guanidine groups is 1. The normalized spacial score (nSPS) is 11.3. The Morgan fingerprint density at radius 3 is 2.48 bits per heavy atom. The van der Waals surface area contributed by atoms with Gasteiger partial charge in [-0.1, -0.05) is 19.1 Å². The van der Waals surface area contributed by atoms with E-state index in [2.05, 4.69) is 15.9 Å². The molecule has 2 aromatic rings. The Hall–Kier alpha value is -2.02. The van der Waals surface area contributed by atoms with Crippen LogP contribution in [-0.4, -0.2) is 5.96 Å². The molecular formula is C16H15BrF3N3. The minimum Gasteiger partial charge on any atom is -0.369 e. The first-order valence-corrected chi connectivity index (χ1v) is 7.63. The molecule has 0 unspecified atom stereocenters. The molecular weight excluding hydrogens is 371 g/mol. The number of aryl methyl sites for hydroxylation is 1. The number of nitrogens with two attached hydrogens (primary N) is 1. The van der Waals surface area contributed by atoms with Crippen LogP contribution in [0.4, 0.5) is 24.5 Å². The summed E-state index contributed by atoms with van der Waals surface area (Å²) < 4.78 is 39.3. The van der Waals surface area contributed by atoms with Crippen LogP contribution in [0.2, 0.25) is 0 Å². The van der Waals surface area contributed by atoms with Crippen LogP contribution in [0, 0.1) is 5.41 Å². The van der Waals surface area contributed by atoms with Crippen molar-refractivity contribution in [2.24, 2.45) is 5.73 Å². The summed E-state index contributed by atoms with van der Waals surface area (Å²) in [6.45, 7) is 1.97. The second kappa shape index (κ2) is 6.62. The Bertz CT molecular complexity index is 729. The van der Waals surface area contributed by atoms with Crippen molar-refractivity contribution in [3.8, 4) is 0 Å². The lowest BCUT2D eigenvalue weighted by atomic mass is 10.1. The van der Waals surface area contributed by atoms with Gasteiger partial charge in [0.2, 0.25) is 0 Å². The Kier molecular flexibility index (Phi) is 4.99. The molecule has 0 fully saturated rings. The van der Waals surface area contributed by atoms with Gasteiger partial charge in [0, 0.05) is 10.2 Å². The summed E-state index contributed by atoms with van der Waals surface area (Å²) in [6, 6.07) is 10.5. The van der Waals surface area contributed by atoms with Crippen molar-refractivity contribution in [1.82, 2.24) is 0 Å². The highest BCUT2D eigenvalue weighted by Gasteiger charge is 2.32. The van der Waals surface area contributed by atoms with E-state index in [0.29, 0.717) is 10.2 Å². The smallest absolute Gasteiger partial charge is 0.369 e. The average molecular weight is 386 g/mol. The predicted molar refractivity (Wildman–Crippen MR) is 89.0 cm³/mol. The van der Waals surface area contributed by atoms with Gasteiger partial charge >= 0.3 is 6.18 Å². The van der Waals surface area contributed by atoms with Crippen LogP contribution in [0.5, 0.6) is 0 Å². The summed E-state index contributed by atoms with van der Waals surface area (Å²) in [6.07, 6.45) is -3.70. The third-order valence-electron chi connectivity index (χ3n) is 3.33. The van der Waals surface area contributed by atoms with Crippen molar-refractivity contribution in [3.63, 3.8) is 0 Å². The van der Waals surface area contributed by atoms with Gasteiger partial charge in [0.25, 0.3) is 0 Å². The Balaban J connectivity index is 2.60. The molecule has 3 nitrogen and oxygen atoms in total. The van der Waals surface area contributed by atoms with Gasteiger partial charge in [-0.3, -0.25) is 10.3 Å². The zero-order chi connectivity index (χ0) is 17.2. The second-order valence-electron chi connectivity index (χ2n) is 4.91. The highest BCUT2D eigenvalue weighted by molar-refractivity contribution is 9.10. The summed E-state index contributed by atoms with van der Waals surface area (Å²) in [5.41, 5.74) is 6.53. The zero-order valence-corrected chi connectivity index (χ0v) is 13.9. The number of hydrogen-bond donors (Lipinski definition) is 2. The number of nitrogens with one attached hydrogen (secondary N) is 1. The molecule has 2 aromatic carbocycles. The van der Waals surface area contributed by atoms with Crippen molar-refractivity contribution >= 4 is 33.3 Å². The van der Waals surface area contributed by atoms with Crippen molar-refractivity contribution in [2.75, 3.05) is 4.90 Å². The molecule has 2 rings (SSSR count). The highest BCUT2D eigenvalue weighted by Crippen LogP contribution is 2.38. The first-order valence-electron chi connectivity index (χ1n) is 6.84. The third-order valence-corrected chi connectivity index (χ3v) is 4.00. The number of alkyl halides is 3. The first kappa shape index (κ1) is 17.3. The summed E-state index contributed by atoms with van der Waals surface area (Å²) in [4.78, 5) is 1.28. The average Bonchev–Trinajstić information content (AvgIpc) is 2.48. The standard InChI is InChI=1S/C16H15BrF3N3/c1-2-10-4-3-5-12(8-10)23(15(21)22)14-9-11(16(18,19)20)6-7-13(14)17/h3-9H,2H2,1H3,(H3,21,22). The van der Waals surface area contributed by atoms with Crippen molar-refractivity contribution in [3.05, 3.63) is 58.1 Å². The fourth-order valence-electron chi connectivity index (χ4n) is 2.18. The molecule has 0 saturated carbocycles. The first-order chi connectivity index (χ1) is 10.7. The van der Waals surface area contributed by atoms with Gasteiger partial charge in [-0.25, -0.2) is 0 Å². The molecule has 0 bridgehead atoms. The molecule has 122 valence electrons. The maximum Gasteiger partial charge on any atom is 0.416 e. The van der Waals surface area contributed by atoms with Crippen LogP contribution in [-0.2, 0) is 12.6 Å². The lowest BCUT2D eigenvalue weighted by Gasteiger charge is -2.25. The van der Waals surface area contributed by atoms with Gasteiger partial charge in [-0.15, -0.1) is 0 Å². The quantitative estimate of drug-likeness (QED) is 0.572. The lowest BCUT2D eigenvalue weighted by molar-refractivity contribution is -0.137. The van der Waals surface area contributed by atoms with E-state index in [9.17, 15) is 13.2 Å². The van der Waals surface area contributed by atoms with Crippen LogP contribution >= 0.6 is 15.9 Å². The van der Waals surface area contributed by atoms with Crippen molar-refractivity contribution in [2.45, 2.75) is 19.5 Å². The van der Waals surface area contributed by atoms with E-state index in [-0.39, 0.29) is 11.6 Å². The minimum absolute atomic E-state index is 0.167. The Morgan fingerprint density at radius 2 is 1.91 bits per heavy atom. The number of hydrogen-bond acceptors (Lipinski definition) is 1. The Morgan fingerprint density at radius 1 is 1.22 bits per heavy atom. The molecule has 7 heteroatoms. The number of benzene rings is 2. The van der Waals surface area contributed by atoms with E-state index in [0.717, 1.165) is 24.1 Å². The highest BCUT2D eigenvalue weighted by atomic mass is 79.9. The minimum atomic E-state index is -4.47. The van der Waals surface area contributed by atoms with E-state index < -0.39 is 11.7 Å². The molecule has 0 atom stereocenters. The van der Waals surface area contributed by atoms with E-state index in [1.165, 1.54) is 11.0 Å². The molecule has 0 aliphatic rings. The van der Waals surface area contributed by atoms with Gasteiger partial charge < -0.3 is 5.73 Å². The molecule has 0 spiro atoms. The molecule has 0 amide bonds. The largest absolute Gasteiger partial charge is 0.416 e. The summed E-state index contributed by atoms with van der Waals surface area (Å²) >= 11 is 3.24. The van der Waals surface area contributed by atoms with E-state index in [4.69, 9.17) is 11.1 Å². The molecule has 0 aromatic heterocycles. The van der Waals surface area contributed by atoms with Crippen LogP contribution in [0.1, 0.15) is 18.1 Å². The second-order valence-corrected chi connectivity index (χ2v) is 5.76. The number of rotatable bonds is 3. The fourth-order valence-corrected chi connectivity index (χ4v) is 2.61. The van der Waals surface area contributed by atoms with Crippen molar-refractivity contribution in [1.29, 1.82) is 5.41 Å². The fraction of sp³-hybridized carbons (Fsp3) is 0.188. The summed E-state index contributed by atoms with van der Waals surface area (Å²) in [5, 5.41) is 7.78. The van der Waals surface area contributed by atoms with E-state index >= 15 is 0 Å². The molecule has 0 heterocycles. The lowest BCUT2D eigenvalue weighted by Crippen LogP contribution is -2.32. The van der Waals surface area contributed by atoms with Gasteiger partial charge in [0.05, 0.1) is 11.3 Å². The number of anilines is 2. The van der Waals surface area contributed by atoms with Crippen LogP contribution in [0.3, 0.4) is 0 Å². The molecule has 0 saturated heterocycles. The predicted octanol–water partition coefficient (Wildman–Crippen LogP) is 5.06. The maximum absolute atomic E-state index is 13.0. The monoisotopic (exact) mass is 385 g/mol. The van der Waals surface area contributed by atoms with Gasteiger partial charge in [0.15, 0.2) is 5.96 Å². The number of halogens is 4. The van der Waals surface area contributed by atoms with E-state index in [1.54, 1.807) is 18.2 Å². The van der Waals surface area contributed by atoms with Crippen LogP contribution in [0.15, 0.2) is 46.9 Å². The SMILES string of the molecule is CCc1cccc(N(C(=N)N)c2cc(C(F)(F)F)ccc2Br)c1. The van der Waals surface area contributed by atoms with Gasteiger partial charge in [-0.2, -0.15) is 13.2 Å². The van der Waals surface area contributed by atoms with Gasteiger partial charge in [0.1, 0.15) is 0 Å². The molecule has 23 heavy (non-hydrogen) atoms. The summed E-state index contributed by atoms with van der Waals surface area (Å²) in [5.74, 6) is -0.363. The van der Waals surface area contributed by atoms with Crippen LogP contribution < -0.4 is 10.6 Å². The zero-order valence-electron chi connectivity index (χ0n) is 12.3. The molecule has 0 aliphatic carbocycles. The summed E-state index contributed by atoms with van der Waals surface area (Å²) in [7, 11) is 0. The van der Waals surface area contributed by atoms with Crippen molar-refractivity contribution < 1.29 is 13.2 Å². The van der Waals surface area contributed by atoms with Gasteiger partial charge in [-0.05, 0) is 58.2 Å². The van der Waals surface area contributed by atoms with E-state index in [1.807, 2.05) is 13.0 Å². The molecule has 0 radical (unpaired) electrons. The maximum atomic E-state index is 13.0. The molecule has 3 N–H and O–H groups in total. The Labute approximate surface area is 140 Å². The van der Waals surface area contributed by atoms with Crippen LogP contribution in [0.25, 0.3) is 0 Å².